The van der Waals surface area contributed by atoms with Crippen LogP contribution in [0.25, 0.3) is 11.3 Å². The van der Waals surface area contributed by atoms with Gasteiger partial charge in [0.1, 0.15) is 16.3 Å². The Labute approximate surface area is 112 Å². The lowest BCUT2D eigenvalue weighted by Gasteiger charge is -2.09. The molecule has 0 saturated carbocycles. The molecule has 5 heteroatoms. The van der Waals surface area contributed by atoms with E-state index in [0.29, 0.717) is 26.2 Å². The second kappa shape index (κ2) is 4.66. The van der Waals surface area contributed by atoms with Crippen molar-refractivity contribution >= 4 is 28.1 Å². The van der Waals surface area contributed by atoms with E-state index in [0.717, 1.165) is 5.56 Å². The van der Waals surface area contributed by atoms with E-state index in [2.05, 4.69) is 25.9 Å². The summed E-state index contributed by atoms with van der Waals surface area (Å²) in [5, 5.41) is 0. The van der Waals surface area contributed by atoms with Crippen LogP contribution in [0.3, 0.4) is 0 Å². The molecule has 0 bridgehead atoms. The van der Waals surface area contributed by atoms with Crippen LogP contribution in [0.1, 0.15) is 11.4 Å². The average molecular weight is 313 g/mol. The number of aryl methyl sites for hydroxylation is 1. The third kappa shape index (κ3) is 2.30. The van der Waals surface area contributed by atoms with Gasteiger partial charge in [-0.1, -0.05) is 18.3 Å². The predicted octanol–water partition coefficient (Wildman–Crippen LogP) is 4.32. The second-order valence-electron chi connectivity index (χ2n) is 3.73. The molecule has 0 aliphatic heterocycles. The van der Waals surface area contributed by atoms with Gasteiger partial charge in [0.25, 0.3) is 0 Å². The highest BCUT2D eigenvalue weighted by Gasteiger charge is 2.12. The number of rotatable bonds is 1. The van der Waals surface area contributed by atoms with Crippen molar-refractivity contribution in [2.24, 2.45) is 0 Å². The topological polar surface area (TPSA) is 28.7 Å². The average Bonchev–Trinajstić information content (AvgIpc) is 2.27. The summed E-state index contributed by atoms with van der Waals surface area (Å²) in [4.78, 5) is 7.20. The standard InChI is InChI=1S/C12H10BrFN2S/c1-6-11(15-7(2)16-12(6)17)8-4-3-5-9(13)10(8)14/h3-5H,1-2H3,(H,15,16,17). The van der Waals surface area contributed by atoms with Gasteiger partial charge >= 0.3 is 0 Å². The van der Waals surface area contributed by atoms with Gasteiger partial charge in [0.15, 0.2) is 0 Å². The molecule has 0 atom stereocenters. The summed E-state index contributed by atoms with van der Waals surface area (Å²) in [6, 6.07) is 5.17. The van der Waals surface area contributed by atoms with E-state index in [-0.39, 0.29) is 5.82 Å². The van der Waals surface area contributed by atoms with Gasteiger partial charge in [-0.2, -0.15) is 0 Å². The van der Waals surface area contributed by atoms with Crippen LogP contribution in [-0.2, 0) is 0 Å². The number of nitrogens with one attached hydrogen (secondary N) is 1. The van der Waals surface area contributed by atoms with Crippen molar-refractivity contribution in [3.8, 4) is 11.3 Å². The van der Waals surface area contributed by atoms with Gasteiger partial charge in [-0.25, -0.2) is 9.37 Å². The van der Waals surface area contributed by atoms with Crippen LogP contribution in [0.5, 0.6) is 0 Å². The molecule has 1 aromatic carbocycles. The van der Waals surface area contributed by atoms with Gasteiger partial charge < -0.3 is 4.98 Å². The molecule has 0 radical (unpaired) electrons. The fraction of sp³-hybridized carbons (Fsp3) is 0.167. The molecule has 1 aromatic heterocycles. The Kier molecular flexibility index (Phi) is 3.40. The lowest BCUT2D eigenvalue weighted by Crippen LogP contribution is -1.98. The zero-order chi connectivity index (χ0) is 12.6. The summed E-state index contributed by atoms with van der Waals surface area (Å²) in [6.07, 6.45) is 0. The van der Waals surface area contributed by atoms with Gasteiger partial charge in [-0.3, -0.25) is 0 Å². The lowest BCUT2D eigenvalue weighted by molar-refractivity contribution is 0.623. The monoisotopic (exact) mass is 312 g/mol. The van der Waals surface area contributed by atoms with E-state index in [1.165, 1.54) is 0 Å². The highest BCUT2D eigenvalue weighted by molar-refractivity contribution is 9.10. The number of aromatic nitrogens is 2. The molecular formula is C12H10BrFN2S. The van der Waals surface area contributed by atoms with Crippen molar-refractivity contribution in [2.45, 2.75) is 13.8 Å². The number of nitrogens with zero attached hydrogens (tertiary/aromatic N) is 1. The quantitative estimate of drug-likeness (QED) is 0.794. The molecule has 0 amide bonds. The molecule has 0 aliphatic carbocycles. The Balaban J connectivity index is 2.77. The minimum Gasteiger partial charge on any atom is -0.343 e. The fourth-order valence-electron chi connectivity index (χ4n) is 1.61. The van der Waals surface area contributed by atoms with Gasteiger partial charge in [0.05, 0.1) is 10.2 Å². The maximum atomic E-state index is 14.0. The molecule has 17 heavy (non-hydrogen) atoms. The summed E-state index contributed by atoms with van der Waals surface area (Å²) in [5.41, 5.74) is 1.96. The Morgan fingerprint density at radius 3 is 2.76 bits per heavy atom. The fourth-order valence-corrected chi connectivity index (χ4v) is 2.22. The number of benzene rings is 1. The van der Waals surface area contributed by atoms with Crippen LogP contribution in [-0.4, -0.2) is 9.97 Å². The van der Waals surface area contributed by atoms with Crippen LogP contribution in [0.15, 0.2) is 22.7 Å². The highest BCUT2D eigenvalue weighted by atomic mass is 79.9. The van der Waals surface area contributed by atoms with E-state index >= 15 is 0 Å². The minimum atomic E-state index is -0.299. The third-order valence-electron chi connectivity index (χ3n) is 2.49. The summed E-state index contributed by atoms with van der Waals surface area (Å²) in [7, 11) is 0. The molecule has 0 spiro atoms. The molecule has 2 rings (SSSR count). The summed E-state index contributed by atoms with van der Waals surface area (Å²) < 4.78 is 14.9. The Morgan fingerprint density at radius 2 is 2.06 bits per heavy atom. The number of H-pyrrole nitrogens is 1. The molecule has 88 valence electrons. The highest BCUT2D eigenvalue weighted by Crippen LogP contribution is 2.28. The third-order valence-corrected chi connectivity index (χ3v) is 3.50. The van der Waals surface area contributed by atoms with Crippen molar-refractivity contribution in [3.63, 3.8) is 0 Å². The summed E-state index contributed by atoms with van der Waals surface area (Å²) >= 11 is 8.31. The maximum Gasteiger partial charge on any atom is 0.146 e. The van der Waals surface area contributed by atoms with Crippen LogP contribution in [0, 0.1) is 24.3 Å². The number of hydrogen-bond acceptors (Lipinski definition) is 2. The normalized spacial score (nSPS) is 10.6. The van der Waals surface area contributed by atoms with Crippen molar-refractivity contribution in [1.82, 2.24) is 9.97 Å². The molecule has 1 N–H and O–H groups in total. The first-order valence-corrected chi connectivity index (χ1v) is 6.22. The van der Waals surface area contributed by atoms with Crippen LogP contribution >= 0.6 is 28.1 Å². The molecule has 0 fully saturated rings. The largest absolute Gasteiger partial charge is 0.343 e. The van der Waals surface area contributed by atoms with E-state index in [4.69, 9.17) is 12.2 Å². The molecule has 0 aliphatic rings. The minimum absolute atomic E-state index is 0.299. The zero-order valence-corrected chi connectivity index (χ0v) is 11.7. The number of hydrogen-bond donors (Lipinski definition) is 1. The van der Waals surface area contributed by atoms with Crippen molar-refractivity contribution in [3.05, 3.63) is 44.5 Å². The van der Waals surface area contributed by atoms with Crippen molar-refractivity contribution in [1.29, 1.82) is 0 Å². The Bertz CT molecular complexity index is 637. The van der Waals surface area contributed by atoms with Crippen LogP contribution < -0.4 is 0 Å². The smallest absolute Gasteiger partial charge is 0.146 e. The van der Waals surface area contributed by atoms with Gasteiger partial charge in [-0.05, 0) is 41.9 Å². The molecular weight excluding hydrogens is 303 g/mol. The molecule has 0 unspecified atom stereocenters. The van der Waals surface area contributed by atoms with Crippen LogP contribution in [0.4, 0.5) is 4.39 Å². The van der Waals surface area contributed by atoms with E-state index in [1.807, 2.05) is 6.92 Å². The van der Waals surface area contributed by atoms with E-state index in [1.54, 1.807) is 25.1 Å². The first-order valence-electron chi connectivity index (χ1n) is 5.02. The second-order valence-corrected chi connectivity index (χ2v) is 4.97. The molecule has 0 saturated heterocycles. The van der Waals surface area contributed by atoms with E-state index in [9.17, 15) is 4.39 Å². The SMILES string of the molecule is Cc1nc(=S)c(C)c(-c2cccc(Br)c2F)[nH]1. The van der Waals surface area contributed by atoms with Gasteiger partial charge in [0, 0.05) is 11.1 Å². The number of halogens is 2. The first kappa shape index (κ1) is 12.4. The van der Waals surface area contributed by atoms with E-state index < -0.39 is 0 Å². The predicted molar refractivity (Wildman–Crippen MR) is 72.0 cm³/mol. The van der Waals surface area contributed by atoms with Crippen molar-refractivity contribution in [2.75, 3.05) is 0 Å². The lowest BCUT2D eigenvalue weighted by atomic mass is 10.1. The molecule has 2 nitrogen and oxygen atoms in total. The molecule has 2 aromatic rings. The Hall–Kier alpha value is -1.07. The summed E-state index contributed by atoms with van der Waals surface area (Å²) in [5.74, 6) is 0.377. The zero-order valence-electron chi connectivity index (χ0n) is 9.34. The van der Waals surface area contributed by atoms with Gasteiger partial charge in [-0.15, -0.1) is 0 Å². The molecule has 1 heterocycles. The first-order chi connectivity index (χ1) is 8.00. The summed E-state index contributed by atoms with van der Waals surface area (Å²) in [6.45, 7) is 3.63. The van der Waals surface area contributed by atoms with Crippen LogP contribution in [0.2, 0.25) is 0 Å². The Morgan fingerprint density at radius 1 is 1.35 bits per heavy atom. The van der Waals surface area contributed by atoms with Gasteiger partial charge in [0.2, 0.25) is 0 Å². The number of aromatic amines is 1. The van der Waals surface area contributed by atoms with Crippen molar-refractivity contribution < 1.29 is 4.39 Å². The maximum absolute atomic E-state index is 14.0.